The molecular formula is C9H11N3O2. The third-order valence-corrected chi connectivity index (χ3v) is 1.88. The summed E-state index contributed by atoms with van der Waals surface area (Å²) in [7, 11) is 1.58. The molecule has 2 aromatic rings. The number of aromatic nitrogens is 2. The van der Waals surface area contributed by atoms with E-state index in [9.17, 15) is 0 Å². The van der Waals surface area contributed by atoms with Crippen LogP contribution in [0.5, 0.6) is 5.75 Å². The van der Waals surface area contributed by atoms with Crippen LogP contribution in [0.25, 0.3) is 11.2 Å². The fraction of sp³-hybridized carbons (Fsp3) is 0.333. The third kappa shape index (κ3) is 1.42. The van der Waals surface area contributed by atoms with Gasteiger partial charge in [-0.3, -0.25) is 0 Å². The van der Waals surface area contributed by atoms with Crippen molar-refractivity contribution < 1.29 is 9.15 Å². The minimum Gasteiger partial charge on any atom is -0.493 e. The Labute approximate surface area is 80.9 Å². The summed E-state index contributed by atoms with van der Waals surface area (Å²) in [5, 5.41) is 0. The average Bonchev–Trinajstić information content (AvgIpc) is 2.60. The third-order valence-electron chi connectivity index (χ3n) is 1.88. The Balaban J connectivity index is 2.52. The van der Waals surface area contributed by atoms with Crippen LogP contribution in [0, 0.1) is 0 Å². The Morgan fingerprint density at radius 3 is 3.14 bits per heavy atom. The molecule has 74 valence electrons. The second-order valence-electron chi connectivity index (χ2n) is 2.81. The van der Waals surface area contributed by atoms with Gasteiger partial charge < -0.3 is 14.9 Å². The van der Waals surface area contributed by atoms with E-state index in [0.29, 0.717) is 35.8 Å². The molecule has 0 amide bonds. The SMILES string of the molecule is COc1ccnc2nc(CCN)oc12. The van der Waals surface area contributed by atoms with E-state index in [1.807, 2.05) is 0 Å². The number of fused-ring (bicyclic) bond motifs is 1. The summed E-state index contributed by atoms with van der Waals surface area (Å²) >= 11 is 0. The molecule has 0 aliphatic heterocycles. The first-order valence-electron chi connectivity index (χ1n) is 4.33. The van der Waals surface area contributed by atoms with Crippen LogP contribution in [0.2, 0.25) is 0 Å². The zero-order chi connectivity index (χ0) is 9.97. The highest BCUT2D eigenvalue weighted by Gasteiger charge is 2.10. The quantitative estimate of drug-likeness (QED) is 0.777. The lowest BCUT2D eigenvalue weighted by Gasteiger charge is -1.96. The van der Waals surface area contributed by atoms with Gasteiger partial charge in [-0.2, -0.15) is 4.98 Å². The van der Waals surface area contributed by atoms with Crippen LogP contribution in [-0.4, -0.2) is 23.6 Å². The zero-order valence-electron chi connectivity index (χ0n) is 7.86. The van der Waals surface area contributed by atoms with Gasteiger partial charge >= 0.3 is 0 Å². The van der Waals surface area contributed by atoms with Crippen LogP contribution in [0.3, 0.4) is 0 Å². The Bertz CT molecular complexity index is 439. The summed E-state index contributed by atoms with van der Waals surface area (Å²) in [6.45, 7) is 0.509. The largest absolute Gasteiger partial charge is 0.493 e. The number of pyridine rings is 1. The van der Waals surface area contributed by atoms with E-state index in [1.165, 1.54) is 0 Å². The predicted molar refractivity (Wildman–Crippen MR) is 51.1 cm³/mol. The van der Waals surface area contributed by atoms with Crippen LogP contribution in [-0.2, 0) is 6.42 Å². The molecule has 2 N–H and O–H groups in total. The molecule has 0 aliphatic rings. The Kier molecular flexibility index (Phi) is 2.32. The van der Waals surface area contributed by atoms with Gasteiger partial charge in [-0.25, -0.2) is 4.98 Å². The molecule has 2 aromatic heterocycles. The smallest absolute Gasteiger partial charge is 0.215 e. The molecule has 0 saturated carbocycles. The first-order chi connectivity index (χ1) is 6.85. The highest BCUT2D eigenvalue weighted by Crippen LogP contribution is 2.23. The van der Waals surface area contributed by atoms with Gasteiger partial charge in [0.15, 0.2) is 11.6 Å². The van der Waals surface area contributed by atoms with E-state index in [-0.39, 0.29) is 0 Å². The molecule has 0 spiro atoms. The number of ether oxygens (including phenoxy) is 1. The van der Waals surface area contributed by atoms with Crippen molar-refractivity contribution in [3.63, 3.8) is 0 Å². The lowest BCUT2D eigenvalue weighted by Crippen LogP contribution is -2.02. The molecule has 2 heterocycles. The average molecular weight is 193 g/mol. The minimum atomic E-state index is 0.509. The first kappa shape index (κ1) is 8.96. The van der Waals surface area contributed by atoms with Crippen molar-refractivity contribution in [3.8, 4) is 5.75 Å². The van der Waals surface area contributed by atoms with Crippen molar-refractivity contribution in [1.29, 1.82) is 0 Å². The van der Waals surface area contributed by atoms with E-state index in [4.69, 9.17) is 14.9 Å². The van der Waals surface area contributed by atoms with E-state index in [2.05, 4.69) is 9.97 Å². The van der Waals surface area contributed by atoms with E-state index < -0.39 is 0 Å². The molecule has 0 radical (unpaired) electrons. The molecule has 0 aromatic carbocycles. The second-order valence-corrected chi connectivity index (χ2v) is 2.81. The molecule has 0 saturated heterocycles. The topological polar surface area (TPSA) is 74.2 Å². The van der Waals surface area contributed by atoms with Crippen molar-refractivity contribution in [2.45, 2.75) is 6.42 Å². The van der Waals surface area contributed by atoms with Crippen LogP contribution in [0.1, 0.15) is 5.89 Å². The summed E-state index contributed by atoms with van der Waals surface area (Å²) < 4.78 is 10.6. The van der Waals surface area contributed by atoms with Crippen molar-refractivity contribution in [2.75, 3.05) is 13.7 Å². The molecule has 0 bridgehead atoms. The highest BCUT2D eigenvalue weighted by atomic mass is 16.5. The van der Waals surface area contributed by atoms with Gasteiger partial charge in [-0.05, 0) is 0 Å². The highest BCUT2D eigenvalue weighted by molar-refractivity contribution is 5.75. The number of hydrogen-bond donors (Lipinski definition) is 1. The molecule has 0 atom stereocenters. The van der Waals surface area contributed by atoms with Crippen LogP contribution < -0.4 is 10.5 Å². The van der Waals surface area contributed by atoms with Crippen molar-refractivity contribution in [1.82, 2.24) is 9.97 Å². The van der Waals surface area contributed by atoms with E-state index in [0.717, 1.165) is 0 Å². The fourth-order valence-electron chi connectivity index (χ4n) is 1.25. The van der Waals surface area contributed by atoms with Gasteiger partial charge in [0, 0.05) is 25.2 Å². The molecule has 5 heteroatoms. The van der Waals surface area contributed by atoms with Crippen molar-refractivity contribution in [3.05, 3.63) is 18.2 Å². The van der Waals surface area contributed by atoms with Crippen molar-refractivity contribution in [2.24, 2.45) is 5.73 Å². The van der Waals surface area contributed by atoms with Gasteiger partial charge in [-0.15, -0.1) is 0 Å². The maximum Gasteiger partial charge on any atom is 0.215 e. The molecule has 0 unspecified atom stereocenters. The van der Waals surface area contributed by atoms with Gasteiger partial charge in [0.25, 0.3) is 0 Å². The maximum absolute atomic E-state index is 5.45. The number of oxazole rings is 1. The number of nitrogens with zero attached hydrogens (tertiary/aromatic N) is 2. The predicted octanol–water partition coefficient (Wildman–Crippen LogP) is 0.733. The summed E-state index contributed by atoms with van der Waals surface area (Å²) in [6, 6.07) is 1.74. The summed E-state index contributed by atoms with van der Waals surface area (Å²) in [5.41, 5.74) is 6.55. The summed E-state index contributed by atoms with van der Waals surface area (Å²) in [6.07, 6.45) is 2.25. The molecule has 0 fully saturated rings. The first-order valence-corrected chi connectivity index (χ1v) is 4.33. The molecule has 14 heavy (non-hydrogen) atoms. The Hall–Kier alpha value is -1.62. The molecule has 0 aliphatic carbocycles. The second kappa shape index (κ2) is 3.63. The molecule has 5 nitrogen and oxygen atoms in total. The lowest BCUT2D eigenvalue weighted by atomic mass is 10.4. The number of rotatable bonds is 3. The van der Waals surface area contributed by atoms with Crippen LogP contribution in [0.4, 0.5) is 0 Å². The van der Waals surface area contributed by atoms with Gasteiger partial charge in [0.05, 0.1) is 7.11 Å². The van der Waals surface area contributed by atoms with Gasteiger partial charge in [0.1, 0.15) is 0 Å². The molecule has 2 rings (SSSR count). The number of hydrogen-bond acceptors (Lipinski definition) is 5. The van der Waals surface area contributed by atoms with E-state index in [1.54, 1.807) is 19.4 Å². The lowest BCUT2D eigenvalue weighted by molar-refractivity contribution is 0.406. The van der Waals surface area contributed by atoms with E-state index >= 15 is 0 Å². The maximum atomic E-state index is 5.45. The van der Waals surface area contributed by atoms with Gasteiger partial charge in [-0.1, -0.05) is 0 Å². The Morgan fingerprint density at radius 1 is 1.57 bits per heavy atom. The zero-order valence-corrected chi connectivity index (χ0v) is 7.86. The monoisotopic (exact) mass is 193 g/mol. The Morgan fingerprint density at radius 2 is 2.43 bits per heavy atom. The summed E-state index contributed by atoms with van der Waals surface area (Å²) in [4.78, 5) is 8.24. The van der Waals surface area contributed by atoms with Gasteiger partial charge in [0.2, 0.25) is 11.2 Å². The fourth-order valence-corrected chi connectivity index (χ4v) is 1.25. The summed E-state index contributed by atoms with van der Waals surface area (Å²) in [5.74, 6) is 1.24. The standard InChI is InChI=1S/C9H11N3O2/c1-13-6-3-5-11-9-8(6)14-7(12-9)2-4-10/h3,5H,2,4,10H2,1H3. The number of methoxy groups -OCH3 is 1. The minimum absolute atomic E-state index is 0.509. The number of nitrogens with two attached hydrogens (primary N) is 1. The molecular weight excluding hydrogens is 182 g/mol. The van der Waals surface area contributed by atoms with Crippen LogP contribution >= 0.6 is 0 Å². The van der Waals surface area contributed by atoms with Crippen LogP contribution in [0.15, 0.2) is 16.7 Å². The normalized spacial score (nSPS) is 10.7. The van der Waals surface area contributed by atoms with Crippen molar-refractivity contribution >= 4 is 11.2 Å².